The van der Waals surface area contributed by atoms with Gasteiger partial charge < -0.3 is 0 Å². The number of nitrogens with one attached hydrogen (secondary N) is 1. The van der Waals surface area contributed by atoms with Gasteiger partial charge in [-0.25, -0.2) is 4.79 Å². The number of hydrogen-bond acceptors (Lipinski definition) is 1. The first-order valence-electron chi connectivity index (χ1n) is 6.44. The van der Waals surface area contributed by atoms with E-state index in [1.54, 1.807) is 4.68 Å². The Bertz CT molecular complexity index is 967. The maximum atomic E-state index is 12.5. The first kappa shape index (κ1) is 11.0. The molecule has 0 aliphatic heterocycles. The van der Waals surface area contributed by atoms with Gasteiger partial charge in [0.1, 0.15) is 0 Å². The summed E-state index contributed by atoms with van der Waals surface area (Å²) in [5.41, 5.74) is 2.39. The summed E-state index contributed by atoms with van der Waals surface area (Å²) < 4.78 is 3.38. The van der Waals surface area contributed by atoms with Crippen molar-refractivity contribution in [2.45, 2.75) is 0 Å². The molecule has 4 aromatic rings. The molecule has 20 heavy (non-hydrogen) atoms. The molecule has 2 aromatic carbocycles. The fourth-order valence-corrected chi connectivity index (χ4v) is 2.49. The second kappa shape index (κ2) is 4.06. The summed E-state index contributed by atoms with van der Waals surface area (Å²) in [5.74, 6) is 0. The number of benzene rings is 2. The van der Waals surface area contributed by atoms with Crippen molar-refractivity contribution < 1.29 is 4.52 Å². The third-order valence-electron chi connectivity index (χ3n) is 3.48. The number of aromatic nitrogens is 3. The lowest BCUT2D eigenvalue weighted by Crippen LogP contribution is -2.25. The highest BCUT2D eigenvalue weighted by molar-refractivity contribution is 5.76. The van der Waals surface area contributed by atoms with Gasteiger partial charge in [0.05, 0.1) is 0 Å². The maximum Gasteiger partial charge on any atom is 0.406 e. The molecule has 0 atom stereocenters. The molecule has 4 heteroatoms. The Hall–Kier alpha value is -2.88. The van der Waals surface area contributed by atoms with Gasteiger partial charge in [-0.3, -0.25) is 0 Å². The van der Waals surface area contributed by atoms with Gasteiger partial charge >= 0.3 is 5.56 Å². The van der Waals surface area contributed by atoms with Gasteiger partial charge in [0.2, 0.25) is 5.52 Å². The van der Waals surface area contributed by atoms with Crippen LogP contribution in [0, 0.1) is 0 Å². The number of para-hydroxylation sites is 2. The normalized spacial score (nSPS) is 11.2. The minimum atomic E-state index is -0.0537. The Kier molecular flexibility index (Phi) is 2.23. The van der Waals surface area contributed by atoms with Crippen LogP contribution in [0.2, 0.25) is 0 Å². The van der Waals surface area contributed by atoms with E-state index >= 15 is 0 Å². The summed E-state index contributed by atoms with van der Waals surface area (Å²) in [6.45, 7) is 0. The minimum absolute atomic E-state index is 0.0537. The van der Waals surface area contributed by atoms with E-state index in [0.717, 1.165) is 16.6 Å². The van der Waals surface area contributed by atoms with E-state index < -0.39 is 0 Å². The Balaban J connectivity index is 2.13. The molecule has 1 N–H and O–H groups in total. The van der Waals surface area contributed by atoms with E-state index in [0.29, 0.717) is 5.52 Å². The lowest BCUT2D eigenvalue weighted by atomic mass is 10.2. The average Bonchev–Trinajstić information content (AvgIpc) is 2.86. The molecule has 0 amide bonds. The van der Waals surface area contributed by atoms with Crippen LogP contribution in [0.25, 0.3) is 22.1 Å². The fraction of sp³-hybridized carbons (Fsp3) is 0. The standard InChI is InChI=1S/C16H11N3O/c20-16-15-11-10-12-6-4-5-9-14(12)19(15)17-18(16)13-7-2-1-3-8-13/h1-11H/p+1. The SMILES string of the molecule is O=c1c2ccc3ccccc3[n+]2[nH]n1-c1ccccc1. The lowest BCUT2D eigenvalue weighted by Gasteiger charge is -1.94. The van der Waals surface area contributed by atoms with Crippen molar-refractivity contribution in [3.63, 3.8) is 0 Å². The zero-order valence-electron chi connectivity index (χ0n) is 10.7. The Labute approximate surface area is 114 Å². The summed E-state index contributed by atoms with van der Waals surface area (Å²) >= 11 is 0. The van der Waals surface area contributed by atoms with E-state index in [-0.39, 0.29) is 5.56 Å². The highest BCUT2D eigenvalue weighted by Crippen LogP contribution is 2.10. The predicted molar refractivity (Wildman–Crippen MR) is 77.1 cm³/mol. The predicted octanol–water partition coefficient (Wildman–Crippen LogP) is 2.06. The second-order valence-electron chi connectivity index (χ2n) is 4.69. The van der Waals surface area contributed by atoms with Gasteiger partial charge in [0.15, 0.2) is 11.2 Å². The molecule has 0 aliphatic rings. The smallest absolute Gasteiger partial charge is 0.234 e. The van der Waals surface area contributed by atoms with Crippen molar-refractivity contribution in [3.8, 4) is 5.69 Å². The monoisotopic (exact) mass is 262 g/mol. The number of aromatic amines is 1. The van der Waals surface area contributed by atoms with Crippen LogP contribution in [0.1, 0.15) is 0 Å². The molecule has 0 bridgehead atoms. The number of nitrogens with zero attached hydrogens (tertiary/aromatic N) is 2. The first-order valence-corrected chi connectivity index (χ1v) is 6.44. The van der Waals surface area contributed by atoms with E-state index in [4.69, 9.17) is 0 Å². The molecule has 4 rings (SSSR count). The molecule has 0 radical (unpaired) electrons. The van der Waals surface area contributed by atoms with Crippen molar-refractivity contribution >= 4 is 16.4 Å². The molecule has 0 spiro atoms. The number of fused-ring (bicyclic) bond motifs is 3. The Morgan fingerprint density at radius 1 is 0.800 bits per heavy atom. The first-order chi connectivity index (χ1) is 9.84. The number of pyridine rings is 1. The largest absolute Gasteiger partial charge is 0.406 e. The van der Waals surface area contributed by atoms with Crippen LogP contribution < -0.4 is 10.1 Å². The van der Waals surface area contributed by atoms with Crippen LogP contribution in [0.4, 0.5) is 0 Å². The van der Waals surface area contributed by atoms with Gasteiger partial charge in [-0.05, 0) is 30.3 Å². The lowest BCUT2D eigenvalue weighted by molar-refractivity contribution is -0.555. The average molecular weight is 262 g/mol. The molecule has 0 saturated heterocycles. The number of H-pyrrole nitrogens is 1. The molecular weight excluding hydrogens is 250 g/mol. The summed E-state index contributed by atoms with van der Waals surface area (Å²) in [7, 11) is 0. The molecular formula is C16H12N3O+. The van der Waals surface area contributed by atoms with E-state index in [2.05, 4.69) is 5.21 Å². The Morgan fingerprint density at radius 2 is 1.55 bits per heavy atom. The third-order valence-corrected chi connectivity index (χ3v) is 3.48. The van der Waals surface area contributed by atoms with Crippen LogP contribution in [0.15, 0.2) is 71.5 Å². The van der Waals surface area contributed by atoms with Gasteiger partial charge in [-0.1, -0.05) is 46.3 Å². The molecule has 0 saturated carbocycles. The topological polar surface area (TPSA) is 41.9 Å². The molecule has 4 nitrogen and oxygen atoms in total. The summed E-state index contributed by atoms with van der Waals surface area (Å²) in [4.78, 5) is 12.5. The van der Waals surface area contributed by atoms with Crippen molar-refractivity contribution in [3.05, 3.63) is 77.1 Å². The molecule has 0 fully saturated rings. The summed E-state index contributed by atoms with van der Waals surface area (Å²) in [6, 6.07) is 21.3. The zero-order valence-corrected chi connectivity index (χ0v) is 10.7. The molecule has 2 aromatic heterocycles. The number of hydrogen-bond donors (Lipinski definition) is 1. The summed E-state index contributed by atoms with van der Waals surface area (Å²) in [5, 5.41) is 4.23. The van der Waals surface area contributed by atoms with Gasteiger partial charge in [0, 0.05) is 5.39 Å². The van der Waals surface area contributed by atoms with Crippen LogP contribution in [-0.2, 0) is 0 Å². The van der Waals surface area contributed by atoms with Gasteiger partial charge in [-0.2, -0.15) is 0 Å². The Morgan fingerprint density at radius 3 is 2.40 bits per heavy atom. The van der Waals surface area contributed by atoms with E-state index in [1.165, 1.54) is 0 Å². The van der Waals surface area contributed by atoms with Crippen LogP contribution >= 0.6 is 0 Å². The van der Waals surface area contributed by atoms with Crippen molar-refractivity contribution in [2.24, 2.45) is 0 Å². The van der Waals surface area contributed by atoms with E-state index in [9.17, 15) is 4.79 Å². The minimum Gasteiger partial charge on any atom is -0.234 e. The summed E-state index contributed by atoms with van der Waals surface area (Å²) in [6.07, 6.45) is 0. The van der Waals surface area contributed by atoms with Gasteiger partial charge in [-0.15, -0.1) is 4.52 Å². The van der Waals surface area contributed by atoms with Gasteiger partial charge in [0.25, 0.3) is 0 Å². The van der Waals surface area contributed by atoms with E-state index in [1.807, 2.05) is 71.2 Å². The van der Waals surface area contributed by atoms with Crippen molar-refractivity contribution in [1.82, 2.24) is 9.90 Å². The highest BCUT2D eigenvalue weighted by Gasteiger charge is 2.17. The second-order valence-corrected chi connectivity index (χ2v) is 4.69. The quantitative estimate of drug-likeness (QED) is 0.524. The van der Waals surface area contributed by atoms with Crippen molar-refractivity contribution in [1.29, 1.82) is 0 Å². The number of rotatable bonds is 1. The third kappa shape index (κ3) is 1.48. The highest BCUT2D eigenvalue weighted by atomic mass is 16.1. The molecule has 2 heterocycles. The van der Waals surface area contributed by atoms with Crippen molar-refractivity contribution in [2.75, 3.05) is 0 Å². The van der Waals surface area contributed by atoms with Crippen LogP contribution in [0.5, 0.6) is 0 Å². The van der Waals surface area contributed by atoms with Crippen LogP contribution in [0.3, 0.4) is 0 Å². The molecule has 96 valence electrons. The zero-order chi connectivity index (χ0) is 13.5. The molecule has 0 unspecified atom stereocenters. The van der Waals surface area contributed by atoms with Crippen LogP contribution in [-0.4, -0.2) is 9.90 Å². The maximum absolute atomic E-state index is 12.5. The fourth-order valence-electron chi connectivity index (χ4n) is 2.49. The molecule has 0 aliphatic carbocycles.